The summed E-state index contributed by atoms with van der Waals surface area (Å²) in [6.07, 6.45) is 0.992. The molecule has 0 spiro atoms. The number of amides is 2. The first kappa shape index (κ1) is 26.7. The van der Waals surface area contributed by atoms with Gasteiger partial charge >= 0.3 is 5.97 Å². The first-order valence-electron chi connectivity index (χ1n) is 11.7. The Kier molecular flexibility index (Phi) is 7.87. The monoisotopic (exact) mass is 583 g/mol. The normalized spacial score (nSPS) is 18.6. The Morgan fingerprint density at radius 1 is 1.15 bits per heavy atom. The molecule has 1 fully saturated rings. The highest BCUT2D eigenvalue weighted by Gasteiger charge is 2.53. The number of nitrogen functional groups attached to an aromatic ring is 1. The molecule has 1 aromatic heterocycles. The molecule has 0 unspecified atom stereocenters. The number of oxime groups is 1. The fraction of sp³-hybridized carbons (Fsp3) is 0.192. The molecule has 2 amide bonds. The summed E-state index contributed by atoms with van der Waals surface area (Å²) in [5.74, 6) is -1.36. The molecular formula is C26H22ClN5O5S2. The average Bonchev–Trinajstić information content (AvgIpc) is 3.30. The van der Waals surface area contributed by atoms with Crippen molar-refractivity contribution in [2.75, 3.05) is 18.6 Å². The zero-order valence-electron chi connectivity index (χ0n) is 20.4. The molecule has 0 radical (unpaired) electrons. The summed E-state index contributed by atoms with van der Waals surface area (Å²) >= 11 is 8.53. The van der Waals surface area contributed by atoms with Gasteiger partial charge < -0.3 is 20.6 Å². The van der Waals surface area contributed by atoms with Gasteiger partial charge in [-0.2, -0.15) is 0 Å². The van der Waals surface area contributed by atoms with Gasteiger partial charge in [0.2, 0.25) is 0 Å². The van der Waals surface area contributed by atoms with Gasteiger partial charge in [-0.1, -0.05) is 88.8 Å². The van der Waals surface area contributed by atoms with Gasteiger partial charge in [0.1, 0.15) is 34.3 Å². The quantitative estimate of drug-likeness (QED) is 0.178. The number of nitrogens with one attached hydrogen (secondary N) is 1. The zero-order valence-corrected chi connectivity index (χ0v) is 22.8. The highest BCUT2D eigenvalue weighted by molar-refractivity contribution is 8.00. The second kappa shape index (κ2) is 11.5. The first-order valence-corrected chi connectivity index (χ1v) is 13.9. The number of esters is 1. The van der Waals surface area contributed by atoms with Gasteiger partial charge in [0, 0.05) is 5.75 Å². The van der Waals surface area contributed by atoms with E-state index in [1.54, 1.807) is 6.08 Å². The predicted octanol–water partition coefficient (Wildman–Crippen LogP) is 3.35. The fourth-order valence-corrected chi connectivity index (χ4v) is 6.36. The van der Waals surface area contributed by atoms with E-state index in [1.807, 2.05) is 60.7 Å². The van der Waals surface area contributed by atoms with Gasteiger partial charge in [-0.25, -0.2) is 9.78 Å². The molecule has 0 bridgehead atoms. The largest absolute Gasteiger partial charge is 0.448 e. The molecule has 3 N–H and O–H groups in total. The van der Waals surface area contributed by atoms with Crippen LogP contribution in [-0.2, 0) is 24.0 Å². The molecule has 2 aromatic carbocycles. The van der Waals surface area contributed by atoms with Crippen molar-refractivity contribution in [1.29, 1.82) is 0 Å². The number of anilines is 1. The summed E-state index contributed by atoms with van der Waals surface area (Å²) in [5.41, 5.74) is 7.26. The standard InChI is InChI=1S/C26H22ClN5O5S2/c1-36-31-18(17-21(27)39-26(28)30-17)22(33)29-19-23(34)32-16(12-13-38-24(19)32)25(35)37-20(14-8-4-2-5-9-14)15-10-6-3-7-11-15/h2-12,19-20,24H,13H2,1H3,(H2,28,30)(H,29,33)/t19-,24+/m1/s1. The van der Waals surface area contributed by atoms with E-state index in [9.17, 15) is 14.4 Å². The number of thiazole rings is 1. The lowest BCUT2D eigenvalue weighted by Crippen LogP contribution is -2.70. The Morgan fingerprint density at radius 2 is 1.79 bits per heavy atom. The minimum absolute atomic E-state index is 0.0514. The van der Waals surface area contributed by atoms with Crippen molar-refractivity contribution in [2.24, 2.45) is 5.16 Å². The smallest absolute Gasteiger partial charge is 0.355 e. The molecule has 1 saturated heterocycles. The number of fused-ring (bicyclic) bond motifs is 1. The SMILES string of the molecule is CON=C(C(=O)N[C@@H]1C(=O)N2C(C(=O)OC(c3ccccc3)c3ccccc3)=CCS[C@@H]12)c1nc(N)sc1Cl. The topological polar surface area (TPSA) is 136 Å². The van der Waals surface area contributed by atoms with Crippen molar-refractivity contribution in [3.8, 4) is 0 Å². The number of ether oxygens (including phenoxy) is 1. The highest BCUT2D eigenvalue weighted by atomic mass is 35.5. The van der Waals surface area contributed by atoms with Gasteiger partial charge in [-0.05, 0) is 17.2 Å². The number of nitrogens with two attached hydrogens (primary N) is 1. The Bertz CT molecular complexity index is 1420. The first-order chi connectivity index (χ1) is 18.9. The summed E-state index contributed by atoms with van der Waals surface area (Å²) in [7, 11) is 1.27. The van der Waals surface area contributed by atoms with Gasteiger partial charge in [0.25, 0.3) is 11.8 Å². The number of hydrogen-bond donors (Lipinski definition) is 2. The number of rotatable bonds is 8. The van der Waals surface area contributed by atoms with Crippen molar-refractivity contribution in [2.45, 2.75) is 17.5 Å². The van der Waals surface area contributed by atoms with Crippen LogP contribution in [0.1, 0.15) is 22.9 Å². The van der Waals surface area contributed by atoms with Crippen molar-refractivity contribution in [1.82, 2.24) is 15.2 Å². The van der Waals surface area contributed by atoms with Crippen LogP contribution in [0.25, 0.3) is 0 Å². The predicted molar refractivity (Wildman–Crippen MR) is 149 cm³/mol. The minimum atomic E-state index is -0.908. The Balaban J connectivity index is 1.32. The van der Waals surface area contributed by atoms with Crippen LogP contribution in [0.4, 0.5) is 5.13 Å². The van der Waals surface area contributed by atoms with Crippen molar-refractivity contribution in [3.63, 3.8) is 0 Å². The highest BCUT2D eigenvalue weighted by Crippen LogP contribution is 2.39. The molecule has 2 aliphatic rings. The Labute approximate surface area is 236 Å². The van der Waals surface area contributed by atoms with E-state index in [2.05, 4.69) is 15.5 Å². The summed E-state index contributed by atoms with van der Waals surface area (Å²) in [5, 5.41) is 6.03. The third-order valence-electron chi connectivity index (χ3n) is 6.00. The van der Waals surface area contributed by atoms with Gasteiger partial charge in [0.15, 0.2) is 16.9 Å². The lowest BCUT2D eigenvalue weighted by atomic mass is 10.0. The molecular weight excluding hydrogens is 562 g/mol. The van der Waals surface area contributed by atoms with E-state index in [0.717, 1.165) is 22.5 Å². The minimum Gasteiger partial charge on any atom is -0.448 e. The maximum absolute atomic E-state index is 13.4. The van der Waals surface area contributed by atoms with E-state index in [1.165, 1.54) is 23.8 Å². The number of thioether (sulfide) groups is 1. The number of carbonyl (C=O) groups excluding carboxylic acids is 3. The van der Waals surface area contributed by atoms with E-state index in [0.29, 0.717) is 5.75 Å². The molecule has 39 heavy (non-hydrogen) atoms. The van der Waals surface area contributed by atoms with E-state index in [-0.39, 0.29) is 26.6 Å². The molecule has 200 valence electrons. The number of carbonyl (C=O) groups is 3. The molecule has 0 aliphatic carbocycles. The van der Waals surface area contributed by atoms with Crippen molar-refractivity contribution >= 4 is 63.3 Å². The number of aromatic nitrogens is 1. The molecule has 2 atom stereocenters. The molecule has 3 heterocycles. The number of halogens is 1. The number of hydrogen-bond acceptors (Lipinski definition) is 10. The van der Waals surface area contributed by atoms with Gasteiger partial charge in [-0.15, -0.1) is 11.8 Å². The number of β-lactam (4-membered cyclic amide) rings is 1. The van der Waals surface area contributed by atoms with Gasteiger partial charge in [0.05, 0.1) is 0 Å². The summed E-state index contributed by atoms with van der Waals surface area (Å²) in [4.78, 5) is 49.8. The number of benzene rings is 2. The summed E-state index contributed by atoms with van der Waals surface area (Å²) < 4.78 is 6.11. The average molecular weight is 584 g/mol. The van der Waals surface area contributed by atoms with E-state index < -0.39 is 35.3 Å². The second-order valence-electron chi connectivity index (χ2n) is 8.38. The molecule has 2 aliphatic heterocycles. The lowest BCUT2D eigenvalue weighted by molar-refractivity contribution is -0.154. The third-order valence-corrected chi connectivity index (χ3v) is 8.26. The molecule has 5 rings (SSSR count). The van der Waals surface area contributed by atoms with Crippen LogP contribution >= 0.6 is 34.7 Å². The van der Waals surface area contributed by atoms with Crippen LogP contribution in [0.3, 0.4) is 0 Å². The summed E-state index contributed by atoms with van der Waals surface area (Å²) in [6, 6.07) is 17.8. The molecule has 0 saturated carbocycles. The Morgan fingerprint density at radius 3 is 2.36 bits per heavy atom. The van der Waals surface area contributed by atoms with E-state index in [4.69, 9.17) is 26.9 Å². The van der Waals surface area contributed by atoms with Crippen molar-refractivity contribution < 1.29 is 24.0 Å². The maximum atomic E-state index is 13.4. The van der Waals surface area contributed by atoms with Crippen LogP contribution < -0.4 is 11.1 Å². The zero-order chi connectivity index (χ0) is 27.5. The second-order valence-corrected chi connectivity index (χ2v) is 11.2. The van der Waals surface area contributed by atoms with Crippen LogP contribution in [0.5, 0.6) is 0 Å². The lowest BCUT2D eigenvalue weighted by Gasteiger charge is -2.48. The summed E-state index contributed by atoms with van der Waals surface area (Å²) in [6.45, 7) is 0. The fourth-order valence-electron chi connectivity index (χ4n) is 4.24. The van der Waals surface area contributed by atoms with Crippen LogP contribution in [0.2, 0.25) is 4.34 Å². The maximum Gasteiger partial charge on any atom is 0.355 e. The van der Waals surface area contributed by atoms with E-state index >= 15 is 0 Å². The van der Waals surface area contributed by atoms with Crippen LogP contribution in [0.15, 0.2) is 77.6 Å². The Hall–Kier alpha value is -3.87. The van der Waals surface area contributed by atoms with Crippen LogP contribution in [-0.4, -0.2) is 57.7 Å². The molecule has 13 heteroatoms. The van der Waals surface area contributed by atoms with Crippen molar-refractivity contribution in [3.05, 3.63) is 93.6 Å². The molecule has 10 nitrogen and oxygen atoms in total. The van der Waals surface area contributed by atoms with Gasteiger partial charge in [-0.3, -0.25) is 14.5 Å². The molecule has 3 aromatic rings. The van der Waals surface area contributed by atoms with Crippen LogP contribution in [0, 0.1) is 0 Å². The third kappa shape index (κ3) is 5.35. The number of nitrogens with zero attached hydrogens (tertiary/aromatic N) is 3.